The number of rotatable bonds is 3. The Labute approximate surface area is 107 Å². The first kappa shape index (κ1) is 12.2. The van der Waals surface area contributed by atoms with Crippen molar-refractivity contribution in [1.29, 1.82) is 0 Å². The van der Waals surface area contributed by atoms with E-state index in [1.165, 1.54) is 0 Å². The van der Waals surface area contributed by atoms with Crippen LogP contribution in [0.4, 0.5) is 11.4 Å². The molecular formula is C15H16N2O. The van der Waals surface area contributed by atoms with Gasteiger partial charge >= 0.3 is 0 Å². The molecule has 92 valence electrons. The average Bonchev–Trinajstić information content (AvgIpc) is 2.41. The molecule has 0 aromatic heterocycles. The van der Waals surface area contributed by atoms with Crippen LogP contribution in [0.15, 0.2) is 48.5 Å². The lowest BCUT2D eigenvalue weighted by Crippen LogP contribution is -2.13. The van der Waals surface area contributed by atoms with Gasteiger partial charge in [-0.2, -0.15) is 0 Å². The molecule has 3 nitrogen and oxygen atoms in total. The summed E-state index contributed by atoms with van der Waals surface area (Å²) >= 11 is 0. The molecule has 2 aromatic carbocycles. The summed E-state index contributed by atoms with van der Waals surface area (Å²) in [6.45, 7) is 2.03. The summed E-state index contributed by atoms with van der Waals surface area (Å²) in [6.07, 6.45) is 0.829. The second kappa shape index (κ2) is 5.36. The number of amides is 1. The van der Waals surface area contributed by atoms with E-state index in [0.29, 0.717) is 11.3 Å². The van der Waals surface area contributed by atoms with E-state index in [4.69, 9.17) is 5.73 Å². The van der Waals surface area contributed by atoms with Gasteiger partial charge in [0.1, 0.15) is 0 Å². The Hall–Kier alpha value is -2.29. The topological polar surface area (TPSA) is 55.1 Å². The van der Waals surface area contributed by atoms with Gasteiger partial charge in [-0.25, -0.2) is 0 Å². The molecule has 1 amide bonds. The Kier molecular flexibility index (Phi) is 3.63. The number of benzene rings is 2. The number of anilines is 2. The minimum absolute atomic E-state index is 0.102. The van der Waals surface area contributed by atoms with Crippen molar-refractivity contribution in [2.75, 3.05) is 11.1 Å². The Morgan fingerprint density at radius 1 is 1.17 bits per heavy atom. The fourth-order valence-electron chi connectivity index (χ4n) is 1.81. The molecule has 0 bridgehead atoms. The molecule has 0 radical (unpaired) electrons. The SMILES string of the molecule is CCc1cc(N)ccc1NC(=O)c1ccccc1. The number of aryl methyl sites for hydroxylation is 1. The molecule has 0 fully saturated rings. The lowest BCUT2D eigenvalue weighted by atomic mass is 10.1. The van der Waals surface area contributed by atoms with Crippen LogP contribution in [0.5, 0.6) is 0 Å². The van der Waals surface area contributed by atoms with Crippen molar-refractivity contribution in [1.82, 2.24) is 0 Å². The Bertz CT molecular complexity index is 550. The lowest BCUT2D eigenvalue weighted by Gasteiger charge is -2.10. The van der Waals surface area contributed by atoms with Gasteiger partial charge in [0, 0.05) is 16.9 Å². The molecule has 2 rings (SSSR count). The van der Waals surface area contributed by atoms with Crippen LogP contribution in [0, 0.1) is 0 Å². The van der Waals surface area contributed by atoms with E-state index in [1.807, 2.05) is 37.3 Å². The van der Waals surface area contributed by atoms with Gasteiger partial charge in [0.05, 0.1) is 0 Å². The number of carbonyl (C=O) groups excluding carboxylic acids is 1. The summed E-state index contributed by atoms with van der Waals surface area (Å²) in [5.41, 5.74) is 8.96. The minimum Gasteiger partial charge on any atom is -0.399 e. The Morgan fingerprint density at radius 3 is 2.56 bits per heavy atom. The quantitative estimate of drug-likeness (QED) is 0.810. The molecule has 0 aliphatic rings. The summed E-state index contributed by atoms with van der Waals surface area (Å²) < 4.78 is 0. The van der Waals surface area contributed by atoms with Gasteiger partial charge in [0.25, 0.3) is 5.91 Å². The highest BCUT2D eigenvalue weighted by atomic mass is 16.1. The molecule has 18 heavy (non-hydrogen) atoms. The molecule has 0 saturated carbocycles. The third kappa shape index (κ3) is 2.69. The number of nitrogens with two attached hydrogens (primary N) is 1. The summed E-state index contributed by atoms with van der Waals surface area (Å²) in [4.78, 5) is 12.0. The van der Waals surface area contributed by atoms with Crippen molar-refractivity contribution in [3.8, 4) is 0 Å². The highest BCUT2D eigenvalue weighted by molar-refractivity contribution is 6.04. The van der Waals surface area contributed by atoms with Gasteiger partial charge in [-0.05, 0) is 42.3 Å². The Morgan fingerprint density at radius 2 is 1.89 bits per heavy atom. The second-order valence-corrected chi connectivity index (χ2v) is 4.09. The minimum atomic E-state index is -0.102. The highest BCUT2D eigenvalue weighted by Gasteiger charge is 2.08. The maximum Gasteiger partial charge on any atom is 0.255 e. The van der Waals surface area contributed by atoms with Crippen molar-refractivity contribution >= 4 is 17.3 Å². The summed E-state index contributed by atoms with van der Waals surface area (Å²) in [6, 6.07) is 14.7. The Balaban J connectivity index is 2.22. The van der Waals surface area contributed by atoms with E-state index in [0.717, 1.165) is 17.7 Å². The number of hydrogen-bond donors (Lipinski definition) is 2. The zero-order chi connectivity index (χ0) is 13.0. The maximum atomic E-state index is 12.0. The standard InChI is InChI=1S/C15H16N2O/c1-2-11-10-13(16)8-9-14(11)17-15(18)12-6-4-3-5-7-12/h3-10H,2,16H2,1H3,(H,17,18). The van der Waals surface area contributed by atoms with Gasteiger partial charge in [-0.1, -0.05) is 25.1 Å². The van der Waals surface area contributed by atoms with Gasteiger partial charge in [0.15, 0.2) is 0 Å². The van der Waals surface area contributed by atoms with E-state index in [2.05, 4.69) is 5.32 Å². The molecule has 0 aliphatic carbocycles. The number of hydrogen-bond acceptors (Lipinski definition) is 2. The highest BCUT2D eigenvalue weighted by Crippen LogP contribution is 2.20. The van der Waals surface area contributed by atoms with Crippen LogP contribution < -0.4 is 11.1 Å². The first-order chi connectivity index (χ1) is 8.70. The third-order valence-corrected chi connectivity index (χ3v) is 2.79. The van der Waals surface area contributed by atoms with Crippen molar-refractivity contribution in [3.05, 3.63) is 59.7 Å². The first-order valence-electron chi connectivity index (χ1n) is 5.95. The monoisotopic (exact) mass is 240 g/mol. The van der Waals surface area contributed by atoms with Gasteiger partial charge in [-0.3, -0.25) is 4.79 Å². The van der Waals surface area contributed by atoms with Crippen molar-refractivity contribution in [2.24, 2.45) is 0 Å². The third-order valence-electron chi connectivity index (χ3n) is 2.79. The van der Waals surface area contributed by atoms with Crippen molar-refractivity contribution < 1.29 is 4.79 Å². The van der Waals surface area contributed by atoms with E-state index < -0.39 is 0 Å². The zero-order valence-electron chi connectivity index (χ0n) is 10.3. The van der Waals surface area contributed by atoms with E-state index in [-0.39, 0.29) is 5.91 Å². The van der Waals surface area contributed by atoms with Crippen LogP contribution >= 0.6 is 0 Å². The summed E-state index contributed by atoms with van der Waals surface area (Å²) in [5.74, 6) is -0.102. The zero-order valence-corrected chi connectivity index (χ0v) is 10.3. The normalized spacial score (nSPS) is 10.1. The van der Waals surface area contributed by atoms with Crippen LogP contribution in [0.3, 0.4) is 0 Å². The predicted molar refractivity (Wildman–Crippen MR) is 74.6 cm³/mol. The number of carbonyl (C=O) groups is 1. The largest absolute Gasteiger partial charge is 0.399 e. The van der Waals surface area contributed by atoms with Crippen LogP contribution in [0.25, 0.3) is 0 Å². The molecule has 0 aliphatic heterocycles. The average molecular weight is 240 g/mol. The maximum absolute atomic E-state index is 12.0. The van der Waals surface area contributed by atoms with Crippen LogP contribution in [0.2, 0.25) is 0 Å². The molecule has 0 spiro atoms. The second-order valence-electron chi connectivity index (χ2n) is 4.09. The molecule has 0 atom stereocenters. The van der Waals surface area contributed by atoms with Crippen LogP contribution in [0.1, 0.15) is 22.8 Å². The van der Waals surface area contributed by atoms with Gasteiger partial charge < -0.3 is 11.1 Å². The van der Waals surface area contributed by atoms with Crippen molar-refractivity contribution in [3.63, 3.8) is 0 Å². The van der Waals surface area contributed by atoms with Gasteiger partial charge in [0.2, 0.25) is 0 Å². The van der Waals surface area contributed by atoms with Crippen LogP contribution in [-0.4, -0.2) is 5.91 Å². The molecule has 3 heteroatoms. The molecule has 0 heterocycles. The molecular weight excluding hydrogens is 224 g/mol. The predicted octanol–water partition coefficient (Wildman–Crippen LogP) is 3.08. The smallest absolute Gasteiger partial charge is 0.255 e. The van der Waals surface area contributed by atoms with E-state index in [9.17, 15) is 4.79 Å². The first-order valence-corrected chi connectivity index (χ1v) is 5.95. The molecule has 2 aromatic rings. The molecule has 0 unspecified atom stereocenters. The van der Waals surface area contributed by atoms with E-state index >= 15 is 0 Å². The summed E-state index contributed by atoms with van der Waals surface area (Å²) in [5, 5.41) is 2.91. The van der Waals surface area contributed by atoms with Crippen molar-refractivity contribution in [2.45, 2.75) is 13.3 Å². The molecule has 3 N–H and O–H groups in total. The van der Waals surface area contributed by atoms with E-state index in [1.54, 1.807) is 18.2 Å². The lowest BCUT2D eigenvalue weighted by molar-refractivity contribution is 0.102. The number of nitrogen functional groups attached to an aromatic ring is 1. The fraction of sp³-hybridized carbons (Fsp3) is 0.133. The fourth-order valence-corrected chi connectivity index (χ4v) is 1.81. The van der Waals surface area contributed by atoms with Crippen LogP contribution in [-0.2, 0) is 6.42 Å². The number of nitrogens with one attached hydrogen (secondary N) is 1. The summed E-state index contributed by atoms with van der Waals surface area (Å²) in [7, 11) is 0. The van der Waals surface area contributed by atoms with Gasteiger partial charge in [-0.15, -0.1) is 0 Å². The molecule has 0 saturated heterocycles.